The minimum Gasteiger partial charge on any atom is -0.344 e. The molecule has 128 valence electrons. The summed E-state index contributed by atoms with van der Waals surface area (Å²) >= 11 is 0. The summed E-state index contributed by atoms with van der Waals surface area (Å²) in [7, 11) is 0. The molecule has 1 fully saturated rings. The highest BCUT2D eigenvalue weighted by Gasteiger charge is 2.51. The smallest absolute Gasteiger partial charge is 0.278 e. The largest absolute Gasteiger partial charge is 0.344 e. The maximum atomic E-state index is 12.2. The summed E-state index contributed by atoms with van der Waals surface area (Å²) < 4.78 is 11.4. The molecule has 0 bridgehead atoms. The Bertz CT molecular complexity index is 747. The van der Waals surface area contributed by atoms with E-state index in [2.05, 4.69) is 0 Å². The fraction of sp³-hybridized carbons (Fsp3) is 0.250. The van der Waals surface area contributed by atoms with Crippen LogP contribution in [0.3, 0.4) is 0 Å². The van der Waals surface area contributed by atoms with E-state index in [1.807, 2.05) is 72.8 Å². The standard InChI is InChI=1S/C20H19NO4/c22-20-19-17(21(20)24-14-16-9-5-2-6-10-16)11-12-18(25-19)23-13-15-7-3-1-4-8-15/h1-12,17-19H,13-14H2/t17-,18+,19+/m1/s1. The predicted octanol–water partition coefficient (Wildman–Crippen LogP) is 2.83. The zero-order valence-electron chi connectivity index (χ0n) is 13.7. The van der Waals surface area contributed by atoms with E-state index in [0.717, 1.165) is 11.1 Å². The summed E-state index contributed by atoms with van der Waals surface area (Å²) in [5.74, 6) is -0.168. The summed E-state index contributed by atoms with van der Waals surface area (Å²) in [4.78, 5) is 17.8. The summed E-state index contributed by atoms with van der Waals surface area (Å²) in [5, 5.41) is 1.38. The van der Waals surface area contributed by atoms with Crippen LogP contribution in [0.15, 0.2) is 72.8 Å². The summed E-state index contributed by atoms with van der Waals surface area (Å²) in [6, 6.07) is 19.4. The van der Waals surface area contributed by atoms with E-state index in [0.29, 0.717) is 13.2 Å². The number of carbonyl (C=O) groups is 1. The summed E-state index contributed by atoms with van der Waals surface area (Å²) in [5.41, 5.74) is 2.08. The van der Waals surface area contributed by atoms with E-state index >= 15 is 0 Å². The highest BCUT2D eigenvalue weighted by molar-refractivity contribution is 5.88. The Morgan fingerprint density at radius 1 is 0.880 bits per heavy atom. The second-order valence-electron chi connectivity index (χ2n) is 6.02. The maximum Gasteiger partial charge on any atom is 0.278 e. The number of hydrogen-bond acceptors (Lipinski definition) is 4. The Labute approximate surface area is 146 Å². The monoisotopic (exact) mass is 337 g/mol. The van der Waals surface area contributed by atoms with Gasteiger partial charge in [0.15, 0.2) is 12.4 Å². The zero-order chi connectivity index (χ0) is 17.1. The number of ether oxygens (including phenoxy) is 2. The Morgan fingerprint density at radius 3 is 2.20 bits per heavy atom. The predicted molar refractivity (Wildman–Crippen MR) is 90.9 cm³/mol. The van der Waals surface area contributed by atoms with Crippen LogP contribution in [0.1, 0.15) is 11.1 Å². The van der Waals surface area contributed by atoms with Crippen LogP contribution >= 0.6 is 0 Å². The Hall–Kier alpha value is -2.47. The molecule has 2 aliphatic heterocycles. The Kier molecular flexibility index (Phi) is 4.61. The van der Waals surface area contributed by atoms with Crippen LogP contribution in [-0.4, -0.2) is 29.4 Å². The van der Waals surface area contributed by atoms with Gasteiger partial charge >= 0.3 is 0 Å². The number of hydrogen-bond donors (Lipinski definition) is 0. The molecular weight excluding hydrogens is 318 g/mol. The normalized spacial score (nSPS) is 24.7. The number of nitrogens with zero attached hydrogens (tertiary/aromatic N) is 1. The first kappa shape index (κ1) is 16.0. The van der Waals surface area contributed by atoms with Gasteiger partial charge in [-0.3, -0.25) is 9.63 Å². The molecule has 0 N–H and O–H groups in total. The Balaban J connectivity index is 1.30. The molecular formula is C20H19NO4. The van der Waals surface area contributed by atoms with Crippen molar-refractivity contribution in [3.8, 4) is 0 Å². The van der Waals surface area contributed by atoms with Gasteiger partial charge in [-0.1, -0.05) is 66.7 Å². The van der Waals surface area contributed by atoms with Crippen LogP contribution in [0.5, 0.6) is 0 Å². The molecule has 0 aromatic heterocycles. The van der Waals surface area contributed by atoms with Crippen LogP contribution in [0.25, 0.3) is 0 Å². The highest BCUT2D eigenvalue weighted by Crippen LogP contribution is 2.30. The molecule has 3 atom stereocenters. The third-order valence-corrected chi connectivity index (χ3v) is 4.26. The van der Waals surface area contributed by atoms with Crippen LogP contribution in [0.4, 0.5) is 0 Å². The van der Waals surface area contributed by atoms with E-state index in [1.54, 1.807) is 0 Å². The van der Waals surface area contributed by atoms with E-state index < -0.39 is 12.4 Å². The zero-order valence-corrected chi connectivity index (χ0v) is 13.7. The minimum absolute atomic E-state index is 0.168. The van der Waals surface area contributed by atoms with Crippen LogP contribution in [0, 0.1) is 0 Å². The molecule has 4 rings (SSSR count). The first-order chi connectivity index (χ1) is 12.3. The van der Waals surface area contributed by atoms with Crippen molar-refractivity contribution in [2.24, 2.45) is 0 Å². The van der Waals surface area contributed by atoms with Crippen molar-refractivity contribution in [1.29, 1.82) is 0 Å². The quantitative estimate of drug-likeness (QED) is 0.601. The molecule has 2 aliphatic rings. The van der Waals surface area contributed by atoms with E-state index in [-0.39, 0.29) is 11.9 Å². The first-order valence-electron chi connectivity index (χ1n) is 8.30. The molecule has 0 spiro atoms. The molecule has 0 radical (unpaired) electrons. The third-order valence-electron chi connectivity index (χ3n) is 4.26. The van der Waals surface area contributed by atoms with Gasteiger partial charge in [0.2, 0.25) is 0 Å². The van der Waals surface area contributed by atoms with Gasteiger partial charge in [-0.25, -0.2) is 5.06 Å². The summed E-state index contributed by atoms with van der Waals surface area (Å²) in [6.07, 6.45) is 2.70. The van der Waals surface area contributed by atoms with Crippen molar-refractivity contribution in [3.63, 3.8) is 0 Å². The average Bonchev–Trinajstić information content (AvgIpc) is 2.68. The Morgan fingerprint density at radius 2 is 1.52 bits per heavy atom. The highest BCUT2D eigenvalue weighted by atomic mass is 16.7. The van der Waals surface area contributed by atoms with Crippen LogP contribution in [0.2, 0.25) is 0 Å². The molecule has 0 saturated carbocycles. The molecule has 2 aromatic rings. The number of amides is 1. The molecule has 2 heterocycles. The molecule has 2 aromatic carbocycles. The number of rotatable bonds is 6. The van der Waals surface area contributed by atoms with Gasteiger partial charge in [-0.15, -0.1) is 0 Å². The number of hydroxylamine groups is 2. The van der Waals surface area contributed by atoms with Gasteiger partial charge in [0.25, 0.3) is 5.91 Å². The second-order valence-corrected chi connectivity index (χ2v) is 6.02. The SMILES string of the molecule is O=C1[C@H]2O[C@H](OCc3ccccc3)C=C[C@H]2N1OCc1ccccc1. The van der Waals surface area contributed by atoms with Gasteiger partial charge in [-0.2, -0.15) is 0 Å². The lowest BCUT2D eigenvalue weighted by atomic mass is 9.98. The lowest BCUT2D eigenvalue weighted by Crippen LogP contribution is -2.66. The molecule has 5 nitrogen and oxygen atoms in total. The van der Waals surface area contributed by atoms with Crippen molar-refractivity contribution in [2.45, 2.75) is 31.6 Å². The lowest BCUT2D eigenvalue weighted by Gasteiger charge is -2.46. The first-order valence-corrected chi connectivity index (χ1v) is 8.30. The lowest BCUT2D eigenvalue weighted by molar-refractivity contribution is -0.279. The van der Waals surface area contributed by atoms with E-state index in [1.165, 1.54) is 5.06 Å². The van der Waals surface area contributed by atoms with Crippen molar-refractivity contribution in [2.75, 3.05) is 0 Å². The van der Waals surface area contributed by atoms with Crippen LogP contribution < -0.4 is 0 Å². The fourth-order valence-electron chi connectivity index (χ4n) is 2.89. The molecule has 25 heavy (non-hydrogen) atoms. The van der Waals surface area contributed by atoms with E-state index in [9.17, 15) is 4.79 Å². The number of fused-ring (bicyclic) bond motifs is 1. The maximum absolute atomic E-state index is 12.2. The summed E-state index contributed by atoms with van der Waals surface area (Å²) in [6.45, 7) is 0.799. The van der Waals surface area contributed by atoms with E-state index in [4.69, 9.17) is 14.3 Å². The molecule has 1 amide bonds. The third kappa shape index (κ3) is 3.49. The number of carbonyl (C=O) groups excluding carboxylic acids is 1. The molecule has 0 aliphatic carbocycles. The van der Waals surface area contributed by atoms with Crippen molar-refractivity contribution in [3.05, 3.63) is 83.9 Å². The van der Waals surface area contributed by atoms with Gasteiger partial charge in [0.05, 0.1) is 6.61 Å². The second kappa shape index (κ2) is 7.19. The average molecular weight is 337 g/mol. The minimum atomic E-state index is -0.526. The van der Waals surface area contributed by atoms with Crippen molar-refractivity contribution in [1.82, 2.24) is 5.06 Å². The van der Waals surface area contributed by atoms with Crippen molar-refractivity contribution >= 4 is 5.91 Å². The van der Waals surface area contributed by atoms with Crippen molar-refractivity contribution < 1.29 is 19.1 Å². The van der Waals surface area contributed by atoms with Gasteiger partial charge in [0.1, 0.15) is 12.6 Å². The van der Waals surface area contributed by atoms with Gasteiger partial charge in [0, 0.05) is 0 Å². The molecule has 0 unspecified atom stereocenters. The fourth-order valence-corrected chi connectivity index (χ4v) is 2.89. The topological polar surface area (TPSA) is 48.0 Å². The number of benzene rings is 2. The van der Waals surface area contributed by atoms with Gasteiger partial charge in [-0.05, 0) is 17.2 Å². The van der Waals surface area contributed by atoms with Crippen LogP contribution in [-0.2, 0) is 32.3 Å². The number of β-lactam (4-membered cyclic amide) rings is 1. The molecule has 1 saturated heterocycles. The molecule has 5 heteroatoms. The van der Waals surface area contributed by atoms with Gasteiger partial charge < -0.3 is 9.47 Å².